The highest BCUT2D eigenvalue weighted by molar-refractivity contribution is 5.63. The summed E-state index contributed by atoms with van der Waals surface area (Å²) < 4.78 is 26.4. The van der Waals surface area contributed by atoms with E-state index in [-0.39, 0.29) is 22.6 Å². The fraction of sp³-hybridized carbons (Fsp3) is 0. The van der Waals surface area contributed by atoms with Crippen LogP contribution < -0.4 is 0 Å². The summed E-state index contributed by atoms with van der Waals surface area (Å²) in [6.45, 7) is 0. The summed E-state index contributed by atoms with van der Waals surface area (Å²) in [5.41, 5.74) is -0.00323. The lowest BCUT2D eigenvalue weighted by atomic mass is 10.1. The molecule has 2 aromatic rings. The fourth-order valence-electron chi connectivity index (χ4n) is 1.38. The van der Waals surface area contributed by atoms with E-state index >= 15 is 0 Å². The van der Waals surface area contributed by atoms with Crippen LogP contribution in [0.2, 0.25) is 0 Å². The quantitative estimate of drug-likeness (QED) is 0.822. The van der Waals surface area contributed by atoms with E-state index in [0.717, 1.165) is 24.4 Å². The summed E-state index contributed by atoms with van der Waals surface area (Å²) in [4.78, 5) is 3.75. The van der Waals surface area contributed by atoms with Gasteiger partial charge in [-0.25, -0.2) is 8.78 Å². The molecule has 0 saturated heterocycles. The zero-order valence-electron chi connectivity index (χ0n) is 8.48. The molecule has 0 spiro atoms. The van der Waals surface area contributed by atoms with Gasteiger partial charge in [-0.2, -0.15) is 5.26 Å². The molecular weight excluding hydrogens is 226 g/mol. The molecule has 1 N–H and O–H groups in total. The molecule has 0 fully saturated rings. The SMILES string of the molecule is N#Cc1cc(-c2cc(F)ccc2F)ncc1O. The van der Waals surface area contributed by atoms with E-state index in [9.17, 15) is 13.9 Å². The maximum Gasteiger partial charge on any atom is 0.151 e. The number of pyridine rings is 1. The minimum atomic E-state index is -0.645. The molecule has 0 aliphatic rings. The van der Waals surface area contributed by atoms with Crippen LogP contribution in [0.4, 0.5) is 8.78 Å². The van der Waals surface area contributed by atoms with Crippen molar-refractivity contribution >= 4 is 0 Å². The van der Waals surface area contributed by atoms with Crippen LogP contribution in [-0.2, 0) is 0 Å². The minimum Gasteiger partial charge on any atom is -0.505 e. The maximum atomic E-state index is 13.4. The minimum absolute atomic E-state index is 0.0429. The van der Waals surface area contributed by atoms with Crippen molar-refractivity contribution in [3.8, 4) is 23.1 Å². The predicted octanol–water partition coefficient (Wildman–Crippen LogP) is 2.60. The Kier molecular flexibility index (Phi) is 2.71. The van der Waals surface area contributed by atoms with Crippen LogP contribution in [-0.4, -0.2) is 10.1 Å². The molecule has 0 unspecified atom stereocenters. The number of hydrogen-bond donors (Lipinski definition) is 1. The first-order chi connectivity index (χ1) is 8.11. The van der Waals surface area contributed by atoms with Crippen LogP contribution >= 0.6 is 0 Å². The monoisotopic (exact) mass is 232 g/mol. The number of benzene rings is 1. The van der Waals surface area contributed by atoms with Crippen LogP contribution in [0.15, 0.2) is 30.5 Å². The van der Waals surface area contributed by atoms with Crippen LogP contribution in [0.5, 0.6) is 5.75 Å². The third kappa shape index (κ3) is 2.06. The average Bonchev–Trinajstić information content (AvgIpc) is 2.33. The Morgan fingerprint density at radius 3 is 2.71 bits per heavy atom. The summed E-state index contributed by atoms with van der Waals surface area (Å²) in [6.07, 6.45) is 1.03. The Hall–Kier alpha value is -2.48. The zero-order valence-corrected chi connectivity index (χ0v) is 8.48. The second kappa shape index (κ2) is 4.18. The molecule has 17 heavy (non-hydrogen) atoms. The van der Waals surface area contributed by atoms with Gasteiger partial charge in [0.15, 0.2) is 5.75 Å². The molecule has 2 rings (SSSR count). The Balaban J connectivity index is 2.61. The van der Waals surface area contributed by atoms with Gasteiger partial charge in [0.1, 0.15) is 17.7 Å². The second-order valence-corrected chi connectivity index (χ2v) is 3.32. The number of aromatic nitrogens is 1. The molecular formula is C12H6F2N2O. The van der Waals surface area contributed by atoms with E-state index in [1.165, 1.54) is 6.07 Å². The highest BCUT2D eigenvalue weighted by atomic mass is 19.1. The van der Waals surface area contributed by atoms with Crippen LogP contribution in [0.3, 0.4) is 0 Å². The third-order valence-electron chi connectivity index (χ3n) is 2.21. The van der Waals surface area contributed by atoms with Crippen LogP contribution in [0, 0.1) is 23.0 Å². The molecule has 0 aliphatic heterocycles. The summed E-state index contributed by atoms with van der Waals surface area (Å²) in [6, 6.07) is 5.88. The Morgan fingerprint density at radius 1 is 1.24 bits per heavy atom. The van der Waals surface area contributed by atoms with Gasteiger partial charge in [0, 0.05) is 5.56 Å². The molecule has 1 aromatic heterocycles. The molecule has 0 amide bonds. The van der Waals surface area contributed by atoms with Gasteiger partial charge in [-0.15, -0.1) is 0 Å². The summed E-state index contributed by atoms with van der Waals surface area (Å²) in [5.74, 6) is -1.55. The number of nitrogens with zero attached hydrogens (tertiary/aromatic N) is 2. The number of hydrogen-bond acceptors (Lipinski definition) is 3. The van der Waals surface area contributed by atoms with Gasteiger partial charge in [0.2, 0.25) is 0 Å². The molecule has 0 bridgehead atoms. The molecule has 0 radical (unpaired) electrons. The Bertz CT molecular complexity index is 620. The van der Waals surface area contributed by atoms with Crippen molar-refractivity contribution in [1.82, 2.24) is 4.98 Å². The van der Waals surface area contributed by atoms with Gasteiger partial charge in [-0.1, -0.05) is 0 Å². The first kappa shape index (κ1) is 11.0. The second-order valence-electron chi connectivity index (χ2n) is 3.32. The standard InChI is InChI=1S/C12H6F2N2O/c13-8-1-2-10(14)9(4-8)11-3-7(5-15)12(17)6-16-11/h1-4,6,17H. The van der Waals surface area contributed by atoms with Crippen molar-refractivity contribution in [3.05, 3.63) is 47.7 Å². The molecule has 5 heteroatoms. The van der Waals surface area contributed by atoms with Crippen LogP contribution in [0.1, 0.15) is 5.56 Å². The third-order valence-corrected chi connectivity index (χ3v) is 2.21. The molecule has 1 heterocycles. The van der Waals surface area contributed by atoms with Gasteiger partial charge in [0.25, 0.3) is 0 Å². The first-order valence-electron chi connectivity index (χ1n) is 4.66. The lowest BCUT2D eigenvalue weighted by Crippen LogP contribution is -1.91. The highest BCUT2D eigenvalue weighted by Gasteiger charge is 2.10. The van der Waals surface area contributed by atoms with E-state index in [2.05, 4.69) is 4.98 Å². The number of aromatic hydroxyl groups is 1. The number of rotatable bonds is 1. The van der Waals surface area contributed by atoms with Gasteiger partial charge >= 0.3 is 0 Å². The predicted molar refractivity (Wildman–Crippen MR) is 56.0 cm³/mol. The molecule has 0 aliphatic carbocycles. The van der Waals surface area contributed by atoms with Gasteiger partial charge in [-0.05, 0) is 24.3 Å². The topological polar surface area (TPSA) is 56.9 Å². The first-order valence-corrected chi connectivity index (χ1v) is 4.66. The van der Waals surface area contributed by atoms with Crippen molar-refractivity contribution in [1.29, 1.82) is 5.26 Å². The number of nitriles is 1. The van der Waals surface area contributed by atoms with Crippen molar-refractivity contribution in [3.63, 3.8) is 0 Å². The molecule has 0 saturated carbocycles. The summed E-state index contributed by atoms with van der Waals surface area (Å²) in [7, 11) is 0. The Morgan fingerprint density at radius 2 is 2.00 bits per heavy atom. The van der Waals surface area contributed by atoms with Crippen molar-refractivity contribution in [2.75, 3.05) is 0 Å². The van der Waals surface area contributed by atoms with Gasteiger partial charge in [-0.3, -0.25) is 4.98 Å². The normalized spacial score (nSPS) is 9.94. The molecule has 3 nitrogen and oxygen atoms in total. The van der Waals surface area contributed by atoms with Crippen LogP contribution in [0.25, 0.3) is 11.3 Å². The molecule has 1 aromatic carbocycles. The maximum absolute atomic E-state index is 13.4. The van der Waals surface area contributed by atoms with Gasteiger partial charge in [0.05, 0.1) is 17.5 Å². The van der Waals surface area contributed by atoms with Gasteiger partial charge < -0.3 is 5.11 Å². The van der Waals surface area contributed by atoms with Crippen molar-refractivity contribution in [2.45, 2.75) is 0 Å². The smallest absolute Gasteiger partial charge is 0.151 e. The zero-order chi connectivity index (χ0) is 12.4. The van der Waals surface area contributed by atoms with E-state index < -0.39 is 11.6 Å². The summed E-state index contributed by atoms with van der Waals surface area (Å²) in [5, 5.41) is 18.0. The van der Waals surface area contributed by atoms with E-state index in [0.29, 0.717) is 0 Å². The molecule has 0 atom stereocenters. The largest absolute Gasteiger partial charge is 0.505 e. The summed E-state index contributed by atoms with van der Waals surface area (Å²) >= 11 is 0. The lowest BCUT2D eigenvalue weighted by molar-refractivity contribution is 0.471. The average molecular weight is 232 g/mol. The van der Waals surface area contributed by atoms with E-state index in [1.54, 1.807) is 6.07 Å². The van der Waals surface area contributed by atoms with E-state index in [4.69, 9.17) is 5.26 Å². The van der Waals surface area contributed by atoms with Crippen molar-refractivity contribution < 1.29 is 13.9 Å². The highest BCUT2D eigenvalue weighted by Crippen LogP contribution is 2.25. The molecule has 84 valence electrons. The Labute approximate surface area is 95.6 Å². The van der Waals surface area contributed by atoms with E-state index in [1.807, 2.05) is 0 Å². The lowest BCUT2D eigenvalue weighted by Gasteiger charge is -2.04. The fourth-order valence-corrected chi connectivity index (χ4v) is 1.38. The number of halogens is 2. The van der Waals surface area contributed by atoms with Crippen molar-refractivity contribution in [2.24, 2.45) is 0 Å².